The molecule has 1 atom stereocenters. The molecule has 0 fully saturated rings. The van der Waals surface area contributed by atoms with Gasteiger partial charge in [-0.3, -0.25) is 10.1 Å². The van der Waals surface area contributed by atoms with Crippen LogP contribution in [-0.2, 0) is 0 Å². The molecular formula is C20H24N2O2S. The summed E-state index contributed by atoms with van der Waals surface area (Å²) < 4.78 is 5.76. The van der Waals surface area contributed by atoms with Crippen molar-refractivity contribution in [3.05, 3.63) is 59.2 Å². The molecule has 0 aliphatic carbocycles. The van der Waals surface area contributed by atoms with Gasteiger partial charge in [-0.25, -0.2) is 0 Å². The molecule has 1 amide bonds. The highest BCUT2D eigenvalue weighted by Gasteiger charge is 2.11. The maximum Gasteiger partial charge on any atom is 0.257 e. The van der Waals surface area contributed by atoms with Crippen LogP contribution in [-0.4, -0.2) is 17.1 Å². The highest BCUT2D eigenvalue weighted by Crippen LogP contribution is 2.19. The fourth-order valence-corrected chi connectivity index (χ4v) is 2.55. The molecule has 0 aliphatic heterocycles. The van der Waals surface area contributed by atoms with E-state index in [9.17, 15) is 4.79 Å². The number of rotatable bonds is 5. The fraction of sp³-hybridized carbons (Fsp3) is 0.300. The third kappa shape index (κ3) is 5.29. The van der Waals surface area contributed by atoms with Crippen LogP contribution in [0, 0.1) is 13.8 Å². The van der Waals surface area contributed by atoms with E-state index in [2.05, 4.69) is 17.6 Å². The van der Waals surface area contributed by atoms with Crippen molar-refractivity contribution in [2.45, 2.75) is 40.2 Å². The Morgan fingerprint density at radius 3 is 2.44 bits per heavy atom. The monoisotopic (exact) mass is 356 g/mol. The maximum atomic E-state index is 12.4. The molecule has 0 heterocycles. The van der Waals surface area contributed by atoms with Gasteiger partial charge >= 0.3 is 0 Å². The van der Waals surface area contributed by atoms with Crippen molar-refractivity contribution in [3.63, 3.8) is 0 Å². The largest absolute Gasteiger partial charge is 0.491 e. The third-order valence-corrected chi connectivity index (χ3v) is 4.16. The number of nitrogens with one attached hydrogen (secondary N) is 2. The summed E-state index contributed by atoms with van der Waals surface area (Å²) in [5.41, 5.74) is 3.56. The Labute approximate surface area is 154 Å². The van der Waals surface area contributed by atoms with Crippen LogP contribution in [0.4, 0.5) is 5.69 Å². The van der Waals surface area contributed by atoms with Gasteiger partial charge in [-0.05, 0) is 68.7 Å². The van der Waals surface area contributed by atoms with Crippen molar-refractivity contribution in [1.82, 2.24) is 5.32 Å². The Balaban J connectivity index is 2.04. The number of para-hydroxylation sites is 1. The van der Waals surface area contributed by atoms with Crippen molar-refractivity contribution < 1.29 is 9.53 Å². The lowest BCUT2D eigenvalue weighted by molar-refractivity contribution is 0.0977. The van der Waals surface area contributed by atoms with Crippen molar-refractivity contribution in [3.8, 4) is 5.75 Å². The van der Waals surface area contributed by atoms with Gasteiger partial charge in [0.2, 0.25) is 0 Å². The Morgan fingerprint density at radius 2 is 1.80 bits per heavy atom. The molecule has 1 unspecified atom stereocenters. The number of hydrogen-bond acceptors (Lipinski definition) is 3. The first-order valence-electron chi connectivity index (χ1n) is 8.36. The van der Waals surface area contributed by atoms with Crippen LogP contribution in [0.2, 0.25) is 0 Å². The number of anilines is 1. The molecule has 2 aromatic rings. The van der Waals surface area contributed by atoms with E-state index in [4.69, 9.17) is 17.0 Å². The number of carbonyl (C=O) groups is 1. The van der Waals surface area contributed by atoms with Crippen LogP contribution >= 0.6 is 12.2 Å². The minimum Gasteiger partial charge on any atom is -0.491 e. The molecule has 0 bridgehead atoms. The van der Waals surface area contributed by atoms with E-state index in [1.54, 1.807) is 18.2 Å². The minimum absolute atomic E-state index is 0.102. The molecule has 0 aliphatic rings. The summed E-state index contributed by atoms with van der Waals surface area (Å²) in [4.78, 5) is 12.4. The second-order valence-electron chi connectivity index (χ2n) is 6.04. The minimum atomic E-state index is -0.265. The zero-order chi connectivity index (χ0) is 18.4. The van der Waals surface area contributed by atoms with Crippen LogP contribution in [0.5, 0.6) is 5.75 Å². The predicted octanol–water partition coefficient (Wildman–Crippen LogP) is 4.61. The lowest BCUT2D eigenvalue weighted by atomic mass is 10.1. The average molecular weight is 356 g/mol. The van der Waals surface area contributed by atoms with Crippen molar-refractivity contribution in [1.29, 1.82) is 0 Å². The molecular weight excluding hydrogens is 332 g/mol. The highest BCUT2D eigenvalue weighted by atomic mass is 32.1. The number of ether oxygens (including phenoxy) is 1. The molecule has 2 rings (SSSR count). The standard InChI is InChI=1S/C20H24N2O2S/c1-5-15(4)24-17-11-7-10-16(12-17)19(23)22-20(25)21-18-13(2)8-6-9-14(18)3/h6-12,15H,5H2,1-4H3,(H2,21,22,23,25). The molecule has 5 heteroatoms. The highest BCUT2D eigenvalue weighted by molar-refractivity contribution is 7.80. The van der Waals surface area contributed by atoms with Crippen molar-refractivity contribution >= 4 is 28.9 Å². The summed E-state index contributed by atoms with van der Waals surface area (Å²) >= 11 is 5.28. The summed E-state index contributed by atoms with van der Waals surface area (Å²) in [5, 5.41) is 6.10. The van der Waals surface area contributed by atoms with Gasteiger partial charge in [-0.15, -0.1) is 0 Å². The lowest BCUT2D eigenvalue weighted by Crippen LogP contribution is -2.34. The van der Waals surface area contributed by atoms with Gasteiger partial charge in [0.15, 0.2) is 5.11 Å². The van der Waals surface area contributed by atoms with Gasteiger partial charge in [-0.2, -0.15) is 0 Å². The van der Waals surface area contributed by atoms with Crippen LogP contribution in [0.3, 0.4) is 0 Å². The third-order valence-electron chi connectivity index (χ3n) is 3.96. The second kappa shape index (κ2) is 8.62. The zero-order valence-corrected chi connectivity index (χ0v) is 15.9. The number of hydrogen-bond donors (Lipinski definition) is 2. The zero-order valence-electron chi connectivity index (χ0n) is 15.1. The lowest BCUT2D eigenvalue weighted by Gasteiger charge is -2.15. The van der Waals surface area contributed by atoms with E-state index in [-0.39, 0.29) is 17.1 Å². The quantitative estimate of drug-likeness (QED) is 0.768. The van der Waals surface area contributed by atoms with Crippen LogP contribution < -0.4 is 15.4 Å². The Kier molecular flexibility index (Phi) is 6.53. The predicted molar refractivity (Wildman–Crippen MR) is 106 cm³/mol. The number of thiocarbonyl (C=S) groups is 1. The van der Waals surface area contributed by atoms with E-state index in [1.807, 2.05) is 45.0 Å². The van der Waals surface area contributed by atoms with E-state index in [0.717, 1.165) is 23.2 Å². The first-order chi connectivity index (χ1) is 11.9. The van der Waals surface area contributed by atoms with Crippen molar-refractivity contribution in [2.24, 2.45) is 0 Å². The number of aryl methyl sites for hydroxylation is 2. The number of amides is 1. The van der Waals surface area contributed by atoms with Crippen LogP contribution in [0.25, 0.3) is 0 Å². The van der Waals surface area contributed by atoms with Gasteiger partial charge in [-0.1, -0.05) is 31.2 Å². The SMILES string of the molecule is CCC(C)Oc1cccc(C(=O)NC(=S)Nc2c(C)cccc2C)c1. The first-order valence-corrected chi connectivity index (χ1v) is 8.76. The Morgan fingerprint density at radius 1 is 1.16 bits per heavy atom. The van der Waals surface area contributed by atoms with Crippen LogP contribution in [0.15, 0.2) is 42.5 Å². The topological polar surface area (TPSA) is 50.4 Å². The average Bonchev–Trinajstić information content (AvgIpc) is 2.58. The summed E-state index contributed by atoms with van der Waals surface area (Å²) in [7, 11) is 0. The summed E-state index contributed by atoms with van der Waals surface area (Å²) in [6.07, 6.45) is 1.00. The Hall–Kier alpha value is -2.40. The second-order valence-corrected chi connectivity index (χ2v) is 6.45. The van der Waals surface area contributed by atoms with Gasteiger partial charge < -0.3 is 10.1 Å². The smallest absolute Gasteiger partial charge is 0.257 e. The Bertz CT molecular complexity index is 754. The van der Waals surface area contributed by atoms with E-state index >= 15 is 0 Å². The van der Waals surface area contributed by atoms with Crippen LogP contribution in [0.1, 0.15) is 41.8 Å². The summed E-state index contributed by atoms with van der Waals surface area (Å²) in [6.45, 7) is 8.04. The number of benzene rings is 2. The molecule has 0 aromatic heterocycles. The molecule has 0 spiro atoms. The normalized spacial score (nSPS) is 11.5. The molecule has 0 saturated heterocycles. The van der Waals surface area contributed by atoms with E-state index < -0.39 is 0 Å². The van der Waals surface area contributed by atoms with E-state index in [0.29, 0.717) is 11.3 Å². The van der Waals surface area contributed by atoms with Gasteiger partial charge in [0.1, 0.15) is 5.75 Å². The number of carbonyl (C=O) groups excluding carboxylic acids is 1. The molecule has 0 saturated carbocycles. The maximum absolute atomic E-state index is 12.4. The summed E-state index contributed by atoms with van der Waals surface area (Å²) in [6, 6.07) is 13.1. The van der Waals surface area contributed by atoms with Gasteiger partial charge in [0, 0.05) is 11.3 Å². The van der Waals surface area contributed by atoms with Gasteiger partial charge in [0.05, 0.1) is 6.10 Å². The molecule has 0 radical (unpaired) electrons. The summed E-state index contributed by atoms with van der Waals surface area (Å²) in [5.74, 6) is 0.411. The molecule has 132 valence electrons. The first kappa shape index (κ1) is 18.9. The molecule has 2 N–H and O–H groups in total. The van der Waals surface area contributed by atoms with E-state index in [1.165, 1.54) is 0 Å². The van der Waals surface area contributed by atoms with Gasteiger partial charge in [0.25, 0.3) is 5.91 Å². The molecule has 2 aromatic carbocycles. The van der Waals surface area contributed by atoms with Crippen molar-refractivity contribution in [2.75, 3.05) is 5.32 Å². The molecule has 4 nitrogen and oxygen atoms in total. The molecule has 25 heavy (non-hydrogen) atoms. The fourth-order valence-electron chi connectivity index (χ4n) is 2.36.